The van der Waals surface area contributed by atoms with E-state index < -0.39 is 29.9 Å². The van der Waals surface area contributed by atoms with Crippen molar-refractivity contribution in [2.45, 2.75) is 13.0 Å². The first-order chi connectivity index (χ1) is 16.3. The van der Waals surface area contributed by atoms with Crippen molar-refractivity contribution >= 4 is 29.3 Å². The summed E-state index contributed by atoms with van der Waals surface area (Å²) >= 11 is 0. The quantitative estimate of drug-likeness (QED) is 0.306. The van der Waals surface area contributed by atoms with Crippen molar-refractivity contribution in [1.82, 2.24) is 5.32 Å². The number of nitrogens with two attached hydrogens (primary N) is 1. The molecule has 174 valence electrons. The van der Waals surface area contributed by atoms with Crippen LogP contribution in [-0.4, -0.2) is 23.0 Å². The molecule has 8 heteroatoms. The number of rotatable bonds is 7. The fourth-order valence-electron chi connectivity index (χ4n) is 3.17. The van der Waals surface area contributed by atoms with Crippen LogP contribution >= 0.6 is 0 Å². The van der Waals surface area contributed by atoms with Crippen molar-refractivity contribution in [3.05, 3.63) is 102 Å². The van der Waals surface area contributed by atoms with Gasteiger partial charge in [0, 0.05) is 11.5 Å². The summed E-state index contributed by atoms with van der Waals surface area (Å²) in [7, 11) is 0. The number of carbonyl (C=O) groups is 3. The molecule has 3 rings (SSSR count). The molecule has 8 nitrogen and oxygen atoms in total. The highest BCUT2D eigenvalue weighted by molar-refractivity contribution is 6.03. The third-order valence-electron chi connectivity index (χ3n) is 4.95. The largest absolute Gasteiger partial charge is 0.508 e. The van der Waals surface area contributed by atoms with Gasteiger partial charge in [0.15, 0.2) is 0 Å². The van der Waals surface area contributed by atoms with E-state index in [1.807, 2.05) is 0 Å². The van der Waals surface area contributed by atoms with Crippen LogP contribution in [-0.2, 0) is 9.53 Å². The van der Waals surface area contributed by atoms with Crippen molar-refractivity contribution in [1.29, 1.82) is 0 Å². The number of amides is 3. The summed E-state index contributed by atoms with van der Waals surface area (Å²) in [5.41, 5.74) is 7.65. The summed E-state index contributed by atoms with van der Waals surface area (Å²) in [5.74, 6) is -1.41. The molecular weight excluding hydrogens is 434 g/mol. The van der Waals surface area contributed by atoms with Gasteiger partial charge in [0.2, 0.25) is 5.91 Å². The average molecular weight is 460 g/mol. The van der Waals surface area contributed by atoms with Crippen LogP contribution in [0.2, 0.25) is 0 Å². The third-order valence-corrected chi connectivity index (χ3v) is 4.95. The molecule has 0 aromatic heterocycles. The lowest BCUT2D eigenvalue weighted by atomic mass is 9.96. The molecule has 0 radical (unpaired) electrons. The van der Waals surface area contributed by atoms with Crippen LogP contribution in [0.3, 0.4) is 0 Å². The first-order valence-electron chi connectivity index (χ1n) is 10.5. The number of imide groups is 1. The van der Waals surface area contributed by atoms with Crippen LogP contribution in [0, 0.1) is 5.92 Å². The SMILES string of the molecule is C[C@H](/C=C/C(=O)Nc1ccccc1N)[C@H](OC(=O)NC(=O)c1ccccc1)c1ccc(O)cc1. The van der Waals surface area contributed by atoms with E-state index in [2.05, 4.69) is 10.6 Å². The lowest BCUT2D eigenvalue weighted by molar-refractivity contribution is -0.111. The highest BCUT2D eigenvalue weighted by Gasteiger charge is 2.24. The molecule has 2 atom stereocenters. The van der Waals surface area contributed by atoms with Crippen molar-refractivity contribution in [2.24, 2.45) is 5.92 Å². The second-order valence-electron chi connectivity index (χ2n) is 7.53. The number of hydrogen-bond acceptors (Lipinski definition) is 6. The molecule has 0 bridgehead atoms. The maximum atomic E-state index is 12.5. The normalized spacial score (nSPS) is 12.5. The summed E-state index contributed by atoms with van der Waals surface area (Å²) in [5, 5.41) is 14.5. The maximum absolute atomic E-state index is 12.5. The van der Waals surface area contributed by atoms with Gasteiger partial charge in [-0.05, 0) is 48.0 Å². The second-order valence-corrected chi connectivity index (χ2v) is 7.53. The lowest BCUT2D eigenvalue weighted by Gasteiger charge is -2.22. The van der Waals surface area contributed by atoms with Crippen LogP contribution < -0.4 is 16.4 Å². The minimum atomic E-state index is -0.936. The standard InChI is InChI=1S/C26H25N3O5/c1-17(11-16-23(31)28-22-10-6-5-9-21(22)27)24(18-12-14-20(30)15-13-18)34-26(33)29-25(32)19-7-3-2-4-8-19/h2-17,24,30H,27H2,1H3,(H,28,31)(H,29,32,33)/b16-11+/t17-,24+/m1/s1. The van der Waals surface area contributed by atoms with Gasteiger partial charge in [-0.1, -0.05) is 55.5 Å². The predicted octanol–water partition coefficient (Wildman–Crippen LogP) is 4.41. The van der Waals surface area contributed by atoms with Crippen LogP contribution in [0.1, 0.15) is 28.9 Å². The van der Waals surface area contributed by atoms with E-state index in [4.69, 9.17) is 10.5 Å². The van der Waals surface area contributed by atoms with Gasteiger partial charge in [0.05, 0.1) is 11.4 Å². The Morgan fingerprint density at radius 2 is 1.59 bits per heavy atom. The van der Waals surface area contributed by atoms with E-state index in [-0.39, 0.29) is 5.75 Å². The number of nitrogens with one attached hydrogen (secondary N) is 2. The smallest absolute Gasteiger partial charge is 0.414 e. The van der Waals surface area contributed by atoms with Crippen LogP contribution in [0.5, 0.6) is 5.75 Å². The molecule has 0 unspecified atom stereocenters. The Kier molecular flexibility index (Phi) is 8.02. The van der Waals surface area contributed by atoms with Gasteiger partial charge in [-0.15, -0.1) is 0 Å². The number of anilines is 2. The molecule has 3 aromatic carbocycles. The van der Waals surface area contributed by atoms with Crippen LogP contribution in [0.4, 0.5) is 16.2 Å². The van der Waals surface area contributed by atoms with Gasteiger partial charge < -0.3 is 20.9 Å². The average Bonchev–Trinajstić information content (AvgIpc) is 2.83. The topological polar surface area (TPSA) is 131 Å². The summed E-state index contributed by atoms with van der Waals surface area (Å²) in [6.45, 7) is 1.75. The summed E-state index contributed by atoms with van der Waals surface area (Å²) in [6.07, 6.45) is 1.13. The molecule has 3 amide bonds. The van der Waals surface area contributed by atoms with E-state index in [1.54, 1.807) is 79.7 Å². The molecule has 0 heterocycles. The molecule has 0 fully saturated rings. The van der Waals surface area contributed by atoms with Crippen LogP contribution in [0.25, 0.3) is 0 Å². The molecule has 5 N–H and O–H groups in total. The minimum Gasteiger partial charge on any atom is -0.508 e. The number of carbonyl (C=O) groups excluding carboxylic acids is 3. The molecule has 0 spiro atoms. The molecule has 0 aliphatic rings. The lowest BCUT2D eigenvalue weighted by Crippen LogP contribution is -2.33. The highest BCUT2D eigenvalue weighted by Crippen LogP contribution is 2.29. The van der Waals surface area contributed by atoms with Gasteiger partial charge in [-0.25, -0.2) is 4.79 Å². The number of ether oxygens (including phenoxy) is 1. The zero-order valence-electron chi connectivity index (χ0n) is 18.5. The van der Waals surface area contributed by atoms with E-state index in [0.29, 0.717) is 22.5 Å². The number of benzene rings is 3. The fourth-order valence-corrected chi connectivity index (χ4v) is 3.17. The summed E-state index contributed by atoms with van der Waals surface area (Å²) < 4.78 is 5.54. The number of alkyl carbamates (subject to hydrolysis) is 1. The van der Waals surface area contributed by atoms with E-state index in [1.165, 1.54) is 18.2 Å². The van der Waals surface area contributed by atoms with Gasteiger partial charge in [0.25, 0.3) is 5.91 Å². The van der Waals surface area contributed by atoms with Crippen molar-refractivity contribution in [3.63, 3.8) is 0 Å². The number of hydrogen-bond donors (Lipinski definition) is 4. The Balaban J connectivity index is 1.71. The Morgan fingerprint density at radius 3 is 2.26 bits per heavy atom. The van der Waals surface area contributed by atoms with Crippen molar-refractivity contribution in [2.75, 3.05) is 11.1 Å². The second kappa shape index (κ2) is 11.3. The minimum absolute atomic E-state index is 0.0502. The third kappa shape index (κ3) is 6.70. The molecule has 34 heavy (non-hydrogen) atoms. The maximum Gasteiger partial charge on any atom is 0.414 e. The summed E-state index contributed by atoms with van der Waals surface area (Å²) in [4.78, 5) is 37.1. The Bertz CT molecular complexity index is 1180. The zero-order valence-corrected chi connectivity index (χ0v) is 18.5. The Labute approximate surface area is 197 Å². The molecular formula is C26H25N3O5. The highest BCUT2D eigenvalue weighted by atomic mass is 16.6. The zero-order chi connectivity index (χ0) is 24.5. The monoisotopic (exact) mass is 459 g/mol. The molecule has 0 saturated carbocycles. The number of para-hydroxylation sites is 2. The van der Waals surface area contributed by atoms with Crippen molar-refractivity contribution < 1.29 is 24.2 Å². The number of phenolic OH excluding ortho intramolecular Hbond substituents is 1. The van der Waals surface area contributed by atoms with E-state index in [9.17, 15) is 19.5 Å². The van der Waals surface area contributed by atoms with E-state index >= 15 is 0 Å². The van der Waals surface area contributed by atoms with Gasteiger partial charge in [0.1, 0.15) is 11.9 Å². The Morgan fingerprint density at radius 1 is 0.941 bits per heavy atom. The molecule has 0 aliphatic heterocycles. The van der Waals surface area contributed by atoms with Gasteiger partial charge in [-0.2, -0.15) is 0 Å². The number of aromatic hydroxyl groups is 1. The van der Waals surface area contributed by atoms with Gasteiger partial charge in [-0.3, -0.25) is 14.9 Å². The van der Waals surface area contributed by atoms with Crippen molar-refractivity contribution in [3.8, 4) is 5.75 Å². The molecule has 0 saturated heterocycles. The Hall–Kier alpha value is -4.59. The molecule has 3 aromatic rings. The first kappa shape index (κ1) is 24.1. The summed E-state index contributed by atoms with van der Waals surface area (Å²) in [6, 6.07) is 21.2. The number of nitrogen functional groups attached to an aromatic ring is 1. The predicted molar refractivity (Wildman–Crippen MR) is 129 cm³/mol. The fraction of sp³-hybridized carbons (Fsp3) is 0.115. The first-order valence-corrected chi connectivity index (χ1v) is 10.5. The number of phenols is 1. The van der Waals surface area contributed by atoms with Gasteiger partial charge >= 0.3 is 6.09 Å². The molecule has 0 aliphatic carbocycles. The van der Waals surface area contributed by atoms with Crippen LogP contribution in [0.15, 0.2) is 91.0 Å². The van der Waals surface area contributed by atoms with E-state index in [0.717, 1.165) is 0 Å².